The topological polar surface area (TPSA) is 172 Å². The molecule has 0 unspecified atom stereocenters. The van der Waals surface area contributed by atoms with Gasteiger partial charge in [0.15, 0.2) is 0 Å². The van der Waals surface area contributed by atoms with Crippen LogP contribution in [0.5, 0.6) is 11.5 Å². The molecule has 0 bridgehead atoms. The zero-order chi connectivity index (χ0) is 40.9. The van der Waals surface area contributed by atoms with Crippen LogP contribution < -0.4 is 30.7 Å². The van der Waals surface area contributed by atoms with E-state index in [0.717, 1.165) is 23.5 Å². The van der Waals surface area contributed by atoms with Crippen LogP contribution in [0.4, 0.5) is 27.4 Å². The molecular weight excluding hydrogens is 748 g/mol. The van der Waals surface area contributed by atoms with Crippen LogP contribution in [0, 0.1) is 5.82 Å². The van der Waals surface area contributed by atoms with E-state index in [1.165, 1.54) is 12.1 Å². The van der Waals surface area contributed by atoms with Crippen LogP contribution in [-0.4, -0.2) is 97.7 Å². The number of piperazine rings is 2. The van der Waals surface area contributed by atoms with E-state index in [4.69, 9.17) is 9.47 Å². The monoisotopic (exact) mass is 792 g/mol. The molecule has 2 aliphatic heterocycles. The number of nitrogens with one attached hydrogen (secondary N) is 2. The average Bonchev–Trinajstić information content (AvgIpc) is 3.24. The van der Waals surface area contributed by atoms with Gasteiger partial charge in [0.1, 0.15) is 40.1 Å². The highest BCUT2D eigenvalue weighted by atomic mass is 19.1. The van der Waals surface area contributed by atoms with Gasteiger partial charge in [-0.05, 0) is 55.8 Å². The van der Waals surface area contributed by atoms with E-state index >= 15 is 0 Å². The van der Waals surface area contributed by atoms with Crippen molar-refractivity contribution in [2.24, 2.45) is 0 Å². The molecule has 0 aliphatic carbocycles. The van der Waals surface area contributed by atoms with Crippen molar-refractivity contribution in [2.45, 2.75) is 19.8 Å². The zero-order valence-electron chi connectivity index (χ0n) is 32.2. The van der Waals surface area contributed by atoms with Crippen molar-refractivity contribution in [3.63, 3.8) is 0 Å². The van der Waals surface area contributed by atoms with Gasteiger partial charge in [-0.3, -0.25) is 9.59 Å². The fraction of sp³-hybridized carbons (Fsp3) is 0.302. The Labute approximate surface area is 333 Å². The smallest absolute Gasteiger partial charge is 0.345 e. The van der Waals surface area contributed by atoms with Crippen molar-refractivity contribution >= 4 is 34.9 Å². The molecule has 0 radical (unpaired) electrons. The standard InChI is InChI=1S/C43H45FN6O8/c1-3-57-42(55)34-36(51)32(40(53)45-38(34)49-23-19-47(20-24-49)29-11-7-5-8-12-29)31(27-15-17-28(44)18-16-27)33-37(52)35(43(56)58-4-2)39(46-41(33)54)50-25-21-48(22-26-50)30-13-9-6-10-14-30/h5-18,31H,3-4,19-26H2,1-2H3,(H2,45,51,53)(H2,46,52,54). The normalized spacial score (nSPS) is 14.5. The predicted octanol–water partition coefficient (Wildman–Crippen LogP) is 4.80. The number of aromatic amines is 2. The first kappa shape index (κ1) is 39.5. The van der Waals surface area contributed by atoms with Gasteiger partial charge >= 0.3 is 11.9 Å². The summed E-state index contributed by atoms with van der Waals surface area (Å²) < 4.78 is 25.2. The molecule has 2 aliphatic rings. The lowest BCUT2D eigenvalue weighted by Gasteiger charge is -2.38. The fourth-order valence-electron chi connectivity index (χ4n) is 7.77. The first-order chi connectivity index (χ1) is 28.1. The van der Waals surface area contributed by atoms with Crippen molar-refractivity contribution in [3.8, 4) is 11.5 Å². The van der Waals surface area contributed by atoms with Crippen LogP contribution in [0.15, 0.2) is 94.5 Å². The van der Waals surface area contributed by atoms with E-state index in [2.05, 4.69) is 19.8 Å². The molecule has 14 nitrogen and oxygen atoms in total. The summed E-state index contributed by atoms with van der Waals surface area (Å²) in [5.41, 5.74) is -1.37. The lowest BCUT2D eigenvalue weighted by molar-refractivity contribution is 0.0513. The maximum absolute atomic E-state index is 14.4. The summed E-state index contributed by atoms with van der Waals surface area (Å²) in [7, 11) is 0. The number of halogens is 1. The molecule has 0 spiro atoms. The molecule has 0 amide bonds. The van der Waals surface area contributed by atoms with Gasteiger partial charge in [-0.2, -0.15) is 0 Å². The van der Waals surface area contributed by atoms with Gasteiger partial charge in [0.2, 0.25) is 0 Å². The molecule has 15 heteroatoms. The Morgan fingerprint density at radius 1 is 0.603 bits per heavy atom. The van der Waals surface area contributed by atoms with Gasteiger partial charge in [-0.1, -0.05) is 48.5 Å². The highest BCUT2D eigenvalue weighted by Gasteiger charge is 2.38. The maximum Gasteiger partial charge on any atom is 0.345 e. The predicted molar refractivity (Wildman–Crippen MR) is 218 cm³/mol. The van der Waals surface area contributed by atoms with Crippen LogP contribution in [0.3, 0.4) is 0 Å². The molecule has 5 aromatic rings. The van der Waals surface area contributed by atoms with Crippen LogP contribution >= 0.6 is 0 Å². The highest BCUT2D eigenvalue weighted by Crippen LogP contribution is 2.43. The largest absolute Gasteiger partial charge is 0.506 e. The second kappa shape index (κ2) is 17.2. The first-order valence-corrected chi connectivity index (χ1v) is 19.3. The summed E-state index contributed by atoms with van der Waals surface area (Å²) >= 11 is 0. The average molecular weight is 793 g/mol. The lowest BCUT2D eigenvalue weighted by atomic mass is 9.83. The molecule has 7 rings (SSSR count). The van der Waals surface area contributed by atoms with Crippen molar-refractivity contribution in [1.29, 1.82) is 0 Å². The van der Waals surface area contributed by atoms with E-state index < -0.39 is 57.4 Å². The van der Waals surface area contributed by atoms with E-state index in [1.807, 2.05) is 60.7 Å². The number of para-hydroxylation sites is 2. The molecular formula is C43H45FN6O8. The first-order valence-electron chi connectivity index (χ1n) is 19.3. The third kappa shape index (κ3) is 7.79. The van der Waals surface area contributed by atoms with Crippen LogP contribution in [0.1, 0.15) is 57.2 Å². The summed E-state index contributed by atoms with van der Waals surface area (Å²) in [4.78, 5) is 69.6. The second-order valence-corrected chi connectivity index (χ2v) is 13.9. The number of carbonyl (C=O) groups is 2. The number of ether oxygens (including phenoxy) is 2. The third-order valence-electron chi connectivity index (χ3n) is 10.6. The molecule has 2 saturated heterocycles. The van der Waals surface area contributed by atoms with Crippen molar-refractivity contribution in [1.82, 2.24) is 9.97 Å². The Morgan fingerprint density at radius 3 is 1.33 bits per heavy atom. The minimum atomic E-state index is -1.62. The molecule has 4 N–H and O–H groups in total. The van der Waals surface area contributed by atoms with Crippen LogP contribution in [0.2, 0.25) is 0 Å². The molecule has 2 aromatic heterocycles. The number of carbonyl (C=O) groups excluding carboxylic acids is 2. The summed E-state index contributed by atoms with van der Waals surface area (Å²) in [6, 6.07) is 24.3. The molecule has 3 aromatic carbocycles. The SMILES string of the molecule is CCOC(=O)c1c(N2CCN(c3ccccc3)CC2)[nH]c(=O)c(C(c2ccc(F)cc2)c2c(O)c(C(=O)OCC)c(N3CCN(c4ccccc4)CC3)[nH]c2=O)c1O. The third-order valence-corrected chi connectivity index (χ3v) is 10.6. The van der Waals surface area contributed by atoms with E-state index in [0.29, 0.717) is 52.4 Å². The number of aromatic hydroxyl groups is 2. The van der Waals surface area contributed by atoms with Gasteiger partial charge in [-0.25, -0.2) is 14.0 Å². The fourth-order valence-corrected chi connectivity index (χ4v) is 7.77. The summed E-state index contributed by atoms with van der Waals surface area (Å²) in [5, 5.41) is 24.3. The Morgan fingerprint density at radius 2 is 0.966 bits per heavy atom. The van der Waals surface area contributed by atoms with E-state index in [-0.39, 0.29) is 41.5 Å². The number of anilines is 4. The minimum Gasteiger partial charge on any atom is -0.506 e. The minimum absolute atomic E-state index is 0.0191. The number of rotatable bonds is 11. The van der Waals surface area contributed by atoms with Gasteiger partial charge in [-0.15, -0.1) is 0 Å². The Bertz CT molecular complexity index is 2230. The summed E-state index contributed by atoms with van der Waals surface area (Å²) in [5.74, 6) is -5.69. The van der Waals surface area contributed by atoms with Gasteiger partial charge < -0.3 is 49.3 Å². The van der Waals surface area contributed by atoms with E-state index in [9.17, 15) is 33.8 Å². The number of hydrogen-bond donors (Lipinski definition) is 4. The van der Waals surface area contributed by atoms with Crippen LogP contribution in [-0.2, 0) is 9.47 Å². The number of nitrogens with zero attached hydrogens (tertiary/aromatic N) is 4. The molecule has 4 heterocycles. The molecule has 302 valence electrons. The van der Waals surface area contributed by atoms with Crippen molar-refractivity contribution in [3.05, 3.63) is 139 Å². The van der Waals surface area contributed by atoms with Gasteiger partial charge in [0, 0.05) is 63.7 Å². The number of H-pyrrole nitrogens is 2. The van der Waals surface area contributed by atoms with Gasteiger partial charge in [0.25, 0.3) is 11.1 Å². The van der Waals surface area contributed by atoms with Gasteiger partial charge in [0.05, 0.1) is 30.3 Å². The number of benzene rings is 3. The Hall–Kier alpha value is -6.77. The van der Waals surface area contributed by atoms with Crippen molar-refractivity contribution < 1.29 is 33.7 Å². The number of aromatic nitrogens is 2. The number of hydrogen-bond acceptors (Lipinski definition) is 12. The molecule has 58 heavy (non-hydrogen) atoms. The van der Waals surface area contributed by atoms with Crippen molar-refractivity contribution in [2.75, 3.05) is 85.2 Å². The number of esters is 2. The quantitative estimate of drug-likeness (QED) is 0.135. The Kier molecular flexibility index (Phi) is 11.7. The van der Waals surface area contributed by atoms with Crippen LogP contribution in [0.25, 0.3) is 0 Å². The summed E-state index contributed by atoms with van der Waals surface area (Å²) in [6.45, 7) is 6.65. The molecule has 0 atom stereocenters. The lowest BCUT2D eigenvalue weighted by Crippen LogP contribution is -2.48. The number of pyridine rings is 2. The second-order valence-electron chi connectivity index (χ2n) is 13.9. The maximum atomic E-state index is 14.4. The zero-order valence-corrected chi connectivity index (χ0v) is 32.2. The molecule has 0 saturated carbocycles. The highest BCUT2D eigenvalue weighted by molar-refractivity contribution is 6.00. The Balaban J connectivity index is 1.35. The summed E-state index contributed by atoms with van der Waals surface area (Å²) in [6.07, 6.45) is 0. The van der Waals surface area contributed by atoms with E-state index in [1.54, 1.807) is 23.6 Å². The molecule has 2 fully saturated rings.